The minimum absolute atomic E-state index is 0.0720. The summed E-state index contributed by atoms with van der Waals surface area (Å²) in [6.07, 6.45) is 1.58. The lowest BCUT2D eigenvalue weighted by molar-refractivity contribution is 0.0209. The van der Waals surface area contributed by atoms with Gasteiger partial charge in [-0.1, -0.05) is 36.4 Å². The summed E-state index contributed by atoms with van der Waals surface area (Å²) in [4.78, 5) is 11.1. The van der Waals surface area contributed by atoms with Gasteiger partial charge in [0.1, 0.15) is 0 Å². The minimum Gasteiger partial charge on any atom is -0.478 e. The van der Waals surface area contributed by atoms with Crippen molar-refractivity contribution >= 4 is 5.97 Å². The van der Waals surface area contributed by atoms with E-state index in [1.54, 1.807) is 12.1 Å². The summed E-state index contributed by atoms with van der Waals surface area (Å²) in [6.45, 7) is 0. The number of aromatic carboxylic acids is 1. The number of carbonyl (C=O) groups is 1. The third kappa shape index (κ3) is 1.67. The first kappa shape index (κ1) is 12.6. The average molecular weight is 280 g/mol. The SMILES string of the molecule is O=C(O)c1ccc2c(c1)[C@@H]1C[C@H]2[C@](O)(c2ccccc2)C1. The van der Waals surface area contributed by atoms with E-state index in [0.717, 1.165) is 23.1 Å². The number of carboxylic acids is 1. The molecule has 4 rings (SSSR count). The standard InChI is InChI=1S/C18H16O3/c19-17(20)11-6-7-14-15(8-11)12-9-16(14)18(21,10-12)13-4-2-1-3-5-13/h1-8,12,16,21H,9-10H2,(H,19,20)/t12-,16-,18-/m1/s1. The van der Waals surface area contributed by atoms with Crippen molar-refractivity contribution in [1.29, 1.82) is 0 Å². The number of hydrogen-bond acceptors (Lipinski definition) is 2. The Morgan fingerprint density at radius 1 is 1.10 bits per heavy atom. The molecule has 2 bridgehead atoms. The van der Waals surface area contributed by atoms with Crippen LogP contribution in [0, 0.1) is 0 Å². The van der Waals surface area contributed by atoms with Gasteiger partial charge < -0.3 is 10.2 Å². The molecule has 2 aromatic rings. The average Bonchev–Trinajstić information content (AvgIpc) is 3.04. The van der Waals surface area contributed by atoms with Crippen LogP contribution >= 0.6 is 0 Å². The predicted molar refractivity (Wildman–Crippen MR) is 78.5 cm³/mol. The summed E-state index contributed by atoms with van der Waals surface area (Å²) in [7, 11) is 0. The molecule has 2 aliphatic carbocycles. The fraction of sp³-hybridized carbons (Fsp3) is 0.278. The maximum atomic E-state index is 11.2. The molecule has 2 aliphatic rings. The molecule has 2 aromatic carbocycles. The normalized spacial score (nSPS) is 29.4. The molecule has 21 heavy (non-hydrogen) atoms. The van der Waals surface area contributed by atoms with Crippen LogP contribution in [0.4, 0.5) is 0 Å². The number of benzene rings is 2. The molecule has 0 unspecified atom stereocenters. The maximum Gasteiger partial charge on any atom is 0.335 e. The molecule has 106 valence electrons. The zero-order valence-electron chi connectivity index (χ0n) is 11.5. The molecular formula is C18H16O3. The smallest absolute Gasteiger partial charge is 0.335 e. The van der Waals surface area contributed by atoms with Gasteiger partial charge in [0.05, 0.1) is 11.2 Å². The van der Waals surface area contributed by atoms with Gasteiger partial charge in [-0.15, -0.1) is 0 Å². The van der Waals surface area contributed by atoms with Gasteiger partial charge >= 0.3 is 5.97 Å². The lowest BCUT2D eigenvalue weighted by Crippen LogP contribution is -2.31. The highest BCUT2D eigenvalue weighted by Gasteiger charge is 2.53. The van der Waals surface area contributed by atoms with Gasteiger partial charge in [-0.05, 0) is 47.6 Å². The molecule has 0 saturated heterocycles. The highest BCUT2D eigenvalue weighted by molar-refractivity contribution is 5.88. The van der Waals surface area contributed by atoms with Crippen molar-refractivity contribution in [3.05, 3.63) is 70.8 Å². The number of hydrogen-bond donors (Lipinski definition) is 2. The van der Waals surface area contributed by atoms with Gasteiger partial charge in [0.15, 0.2) is 0 Å². The quantitative estimate of drug-likeness (QED) is 0.887. The number of fused-ring (bicyclic) bond motifs is 5. The number of aliphatic hydroxyl groups is 1. The van der Waals surface area contributed by atoms with Gasteiger partial charge in [-0.3, -0.25) is 0 Å². The van der Waals surface area contributed by atoms with Crippen molar-refractivity contribution in [2.45, 2.75) is 30.3 Å². The van der Waals surface area contributed by atoms with Gasteiger partial charge in [0.25, 0.3) is 0 Å². The highest BCUT2D eigenvalue weighted by atomic mass is 16.4. The Balaban J connectivity index is 1.79. The lowest BCUT2D eigenvalue weighted by atomic mass is 9.75. The Bertz CT molecular complexity index is 722. The lowest BCUT2D eigenvalue weighted by Gasteiger charge is -2.34. The summed E-state index contributed by atoms with van der Waals surface area (Å²) < 4.78 is 0. The number of carboxylic acid groups (broad SMARTS) is 1. The minimum atomic E-state index is -0.890. The van der Waals surface area contributed by atoms with Crippen molar-refractivity contribution in [3.63, 3.8) is 0 Å². The van der Waals surface area contributed by atoms with E-state index in [2.05, 4.69) is 0 Å². The van der Waals surface area contributed by atoms with Crippen LogP contribution in [0.3, 0.4) is 0 Å². The first-order valence-corrected chi connectivity index (χ1v) is 7.24. The van der Waals surface area contributed by atoms with Gasteiger partial charge in [-0.25, -0.2) is 4.79 Å². The molecule has 3 nitrogen and oxygen atoms in total. The predicted octanol–water partition coefficient (Wildman–Crippen LogP) is 3.25. The summed E-state index contributed by atoms with van der Waals surface area (Å²) in [5, 5.41) is 20.3. The van der Waals surface area contributed by atoms with Crippen LogP contribution in [-0.4, -0.2) is 16.2 Å². The van der Waals surface area contributed by atoms with Gasteiger partial charge in [-0.2, -0.15) is 0 Å². The van der Waals surface area contributed by atoms with Crippen molar-refractivity contribution in [1.82, 2.24) is 0 Å². The molecular weight excluding hydrogens is 264 g/mol. The Morgan fingerprint density at radius 3 is 2.57 bits per heavy atom. The van der Waals surface area contributed by atoms with Crippen molar-refractivity contribution in [2.75, 3.05) is 0 Å². The van der Waals surface area contributed by atoms with Crippen LogP contribution in [0.1, 0.15) is 51.7 Å². The first-order chi connectivity index (χ1) is 10.1. The van der Waals surface area contributed by atoms with E-state index in [4.69, 9.17) is 5.11 Å². The largest absolute Gasteiger partial charge is 0.478 e. The molecule has 0 amide bonds. The second kappa shape index (κ2) is 4.18. The third-order valence-electron chi connectivity index (χ3n) is 5.08. The van der Waals surface area contributed by atoms with E-state index < -0.39 is 11.6 Å². The van der Waals surface area contributed by atoms with Crippen LogP contribution < -0.4 is 0 Å². The molecule has 1 saturated carbocycles. The molecule has 0 aliphatic heterocycles. The van der Waals surface area contributed by atoms with E-state index in [1.807, 2.05) is 36.4 Å². The molecule has 1 fully saturated rings. The third-order valence-corrected chi connectivity index (χ3v) is 5.08. The fourth-order valence-electron chi connectivity index (χ4n) is 4.13. The Kier molecular flexibility index (Phi) is 2.51. The van der Waals surface area contributed by atoms with Crippen LogP contribution in [-0.2, 0) is 5.60 Å². The van der Waals surface area contributed by atoms with E-state index in [0.29, 0.717) is 12.0 Å². The molecule has 0 spiro atoms. The molecule has 2 N–H and O–H groups in total. The van der Waals surface area contributed by atoms with E-state index in [-0.39, 0.29) is 11.8 Å². The summed E-state index contributed by atoms with van der Waals surface area (Å²) in [5.74, 6) is -0.559. The molecule has 3 atom stereocenters. The molecule has 3 heteroatoms. The van der Waals surface area contributed by atoms with Gasteiger partial charge in [0, 0.05) is 5.92 Å². The summed E-state index contributed by atoms with van der Waals surface area (Å²) in [6, 6.07) is 15.1. The molecule has 0 radical (unpaired) electrons. The van der Waals surface area contributed by atoms with Crippen molar-refractivity contribution < 1.29 is 15.0 Å². The van der Waals surface area contributed by atoms with Gasteiger partial charge in [0.2, 0.25) is 0 Å². The summed E-state index contributed by atoms with van der Waals surface area (Å²) >= 11 is 0. The molecule has 0 heterocycles. The zero-order chi connectivity index (χ0) is 14.6. The van der Waals surface area contributed by atoms with Crippen LogP contribution in [0.25, 0.3) is 0 Å². The zero-order valence-corrected chi connectivity index (χ0v) is 11.5. The first-order valence-electron chi connectivity index (χ1n) is 7.24. The van der Waals surface area contributed by atoms with Crippen molar-refractivity contribution in [3.8, 4) is 0 Å². The molecule has 0 aromatic heterocycles. The second-order valence-corrected chi connectivity index (χ2v) is 6.13. The van der Waals surface area contributed by atoms with E-state index >= 15 is 0 Å². The monoisotopic (exact) mass is 280 g/mol. The topological polar surface area (TPSA) is 57.5 Å². The van der Waals surface area contributed by atoms with E-state index in [1.165, 1.54) is 0 Å². The Hall–Kier alpha value is -2.13. The fourth-order valence-corrected chi connectivity index (χ4v) is 4.13. The Labute approximate surface area is 122 Å². The Morgan fingerprint density at radius 2 is 1.86 bits per heavy atom. The van der Waals surface area contributed by atoms with Crippen LogP contribution in [0.2, 0.25) is 0 Å². The van der Waals surface area contributed by atoms with Crippen LogP contribution in [0.15, 0.2) is 48.5 Å². The van der Waals surface area contributed by atoms with E-state index in [9.17, 15) is 9.90 Å². The van der Waals surface area contributed by atoms with Crippen LogP contribution in [0.5, 0.6) is 0 Å². The number of rotatable bonds is 2. The summed E-state index contributed by atoms with van der Waals surface area (Å²) in [5.41, 5.74) is 2.71. The highest BCUT2D eigenvalue weighted by Crippen LogP contribution is 2.61. The van der Waals surface area contributed by atoms with Crippen molar-refractivity contribution in [2.24, 2.45) is 0 Å². The second-order valence-electron chi connectivity index (χ2n) is 6.13. The maximum absolute atomic E-state index is 11.2.